The Kier molecular flexibility index (Phi) is 5.08. The van der Waals surface area contributed by atoms with E-state index in [2.05, 4.69) is 36.5 Å². The van der Waals surface area contributed by atoms with E-state index in [0.717, 1.165) is 38.6 Å². The Morgan fingerprint density at radius 1 is 1.21 bits per heavy atom. The maximum Gasteiger partial charge on any atom is 0.318 e. The molecule has 4 rings (SSSR count). The average Bonchev–Trinajstić information content (AvgIpc) is 3.46. The van der Waals surface area contributed by atoms with Gasteiger partial charge >= 0.3 is 6.03 Å². The molecule has 1 saturated carbocycles. The molecule has 0 radical (unpaired) electrons. The number of urea groups is 1. The molecule has 0 bridgehead atoms. The third-order valence-electron chi connectivity index (χ3n) is 6.73. The van der Waals surface area contributed by atoms with Gasteiger partial charge in [0.1, 0.15) is 0 Å². The van der Waals surface area contributed by atoms with Crippen molar-refractivity contribution in [3.63, 3.8) is 0 Å². The van der Waals surface area contributed by atoms with Crippen molar-refractivity contribution in [2.45, 2.75) is 51.0 Å². The van der Waals surface area contributed by atoms with Crippen molar-refractivity contribution in [2.24, 2.45) is 5.41 Å². The molecule has 2 N–H and O–H groups in total. The van der Waals surface area contributed by atoms with Gasteiger partial charge in [0.15, 0.2) is 0 Å². The van der Waals surface area contributed by atoms with Crippen molar-refractivity contribution in [1.29, 1.82) is 0 Å². The summed E-state index contributed by atoms with van der Waals surface area (Å²) in [5.41, 5.74) is 2.17. The lowest BCUT2D eigenvalue weighted by Crippen LogP contribution is -2.57. The number of piperidine rings is 2. The number of hydrogen-bond acceptors (Lipinski definition) is 3. The highest BCUT2D eigenvalue weighted by molar-refractivity contribution is 5.78. The Bertz CT molecular complexity index is 761. The Balaban J connectivity index is 1.43. The number of β-amino-alcohol motifs (C(OH)–C–C–N with tert-alkyl or cyclic N) is 1. The molecule has 0 aromatic heterocycles. The lowest BCUT2D eigenvalue weighted by Gasteiger charge is -2.48. The molecule has 2 aliphatic heterocycles. The van der Waals surface area contributed by atoms with Crippen molar-refractivity contribution >= 4 is 11.9 Å². The molecule has 2 heterocycles. The lowest BCUT2D eigenvalue weighted by atomic mass is 9.73. The highest BCUT2D eigenvalue weighted by Gasteiger charge is 2.48. The van der Waals surface area contributed by atoms with Gasteiger partial charge in [0.2, 0.25) is 5.91 Å². The number of benzene rings is 1. The van der Waals surface area contributed by atoms with Crippen LogP contribution in [0.3, 0.4) is 0 Å². The number of likely N-dealkylation sites (tertiary alicyclic amines) is 2. The van der Waals surface area contributed by atoms with Gasteiger partial charge in [0.25, 0.3) is 0 Å². The van der Waals surface area contributed by atoms with Crippen molar-refractivity contribution in [2.75, 3.05) is 32.8 Å². The number of carbonyl (C=O) groups is 2. The zero-order valence-corrected chi connectivity index (χ0v) is 16.7. The molecule has 6 heteroatoms. The minimum Gasteiger partial charge on any atom is -0.395 e. The van der Waals surface area contributed by atoms with Crippen LogP contribution in [0.5, 0.6) is 0 Å². The van der Waals surface area contributed by atoms with Crippen LogP contribution in [0.4, 0.5) is 4.79 Å². The third kappa shape index (κ3) is 3.75. The van der Waals surface area contributed by atoms with Crippen LogP contribution in [0.25, 0.3) is 0 Å². The van der Waals surface area contributed by atoms with Crippen LogP contribution in [0, 0.1) is 12.3 Å². The quantitative estimate of drug-likeness (QED) is 0.836. The normalized spacial score (nSPS) is 26.4. The summed E-state index contributed by atoms with van der Waals surface area (Å²) < 4.78 is 0. The standard InChI is InChI=1S/C22H31N3O3/c1-17-4-2-5-18(14-17)22(9-10-22)23-20(28)25-11-3-7-21(16-25)8-6-19(27)24(15-21)12-13-26/h2,4-5,14,26H,3,6-13,15-16H2,1H3,(H,23,28). The topological polar surface area (TPSA) is 72.9 Å². The highest BCUT2D eigenvalue weighted by Crippen LogP contribution is 2.46. The minimum atomic E-state index is -0.209. The minimum absolute atomic E-state index is 0.00890. The molecule has 3 amide bonds. The summed E-state index contributed by atoms with van der Waals surface area (Å²) >= 11 is 0. The van der Waals surface area contributed by atoms with E-state index in [1.54, 1.807) is 4.90 Å². The van der Waals surface area contributed by atoms with E-state index in [0.29, 0.717) is 26.1 Å². The predicted molar refractivity (Wildman–Crippen MR) is 107 cm³/mol. The number of aliphatic hydroxyl groups is 1. The smallest absolute Gasteiger partial charge is 0.318 e. The summed E-state index contributed by atoms with van der Waals surface area (Å²) in [5, 5.41) is 12.6. The van der Waals surface area contributed by atoms with Crippen LogP contribution >= 0.6 is 0 Å². The van der Waals surface area contributed by atoms with E-state index in [4.69, 9.17) is 0 Å². The Hall–Kier alpha value is -2.08. The summed E-state index contributed by atoms with van der Waals surface area (Å²) in [6.07, 6.45) is 5.32. The first kappa shape index (κ1) is 19.2. The zero-order valence-electron chi connectivity index (χ0n) is 16.7. The van der Waals surface area contributed by atoms with Crippen LogP contribution < -0.4 is 5.32 Å². The lowest BCUT2D eigenvalue weighted by molar-refractivity contribution is -0.139. The number of nitrogens with one attached hydrogen (secondary N) is 1. The fraction of sp³-hybridized carbons (Fsp3) is 0.636. The first-order valence-electron chi connectivity index (χ1n) is 10.5. The van der Waals surface area contributed by atoms with E-state index in [1.807, 2.05) is 4.90 Å². The van der Waals surface area contributed by atoms with Crippen molar-refractivity contribution in [1.82, 2.24) is 15.1 Å². The second-order valence-electron chi connectivity index (χ2n) is 8.95. The number of aliphatic hydroxyl groups excluding tert-OH is 1. The van der Waals surface area contributed by atoms with Crippen LogP contribution in [-0.2, 0) is 10.3 Å². The summed E-state index contributed by atoms with van der Waals surface area (Å²) in [4.78, 5) is 29.0. The number of amides is 3. The number of hydrogen-bond donors (Lipinski definition) is 2. The molecule has 1 aliphatic carbocycles. The van der Waals surface area contributed by atoms with Gasteiger partial charge in [-0.2, -0.15) is 0 Å². The Labute approximate surface area is 166 Å². The SMILES string of the molecule is Cc1cccc(C2(NC(=O)N3CCCC4(CCC(=O)N(CCO)C4)C3)CC2)c1. The van der Waals surface area contributed by atoms with Crippen LogP contribution in [0.1, 0.15) is 49.7 Å². The molecule has 152 valence electrons. The van der Waals surface area contributed by atoms with Gasteiger partial charge in [-0.3, -0.25) is 4.79 Å². The fourth-order valence-corrected chi connectivity index (χ4v) is 4.98. The van der Waals surface area contributed by atoms with E-state index in [1.165, 1.54) is 11.1 Å². The van der Waals surface area contributed by atoms with Gasteiger partial charge in [-0.1, -0.05) is 29.8 Å². The predicted octanol–water partition coefficient (Wildman–Crippen LogP) is 2.39. The first-order chi connectivity index (χ1) is 13.5. The first-order valence-corrected chi connectivity index (χ1v) is 10.5. The fourth-order valence-electron chi connectivity index (χ4n) is 4.98. The highest BCUT2D eigenvalue weighted by atomic mass is 16.3. The second kappa shape index (κ2) is 7.39. The van der Waals surface area contributed by atoms with E-state index in [9.17, 15) is 14.7 Å². The average molecular weight is 386 g/mol. The summed E-state index contributed by atoms with van der Waals surface area (Å²) in [5.74, 6) is 0.123. The Morgan fingerprint density at radius 2 is 2.04 bits per heavy atom. The summed E-state index contributed by atoms with van der Waals surface area (Å²) in [6, 6.07) is 8.44. The number of rotatable bonds is 4. The van der Waals surface area contributed by atoms with Gasteiger partial charge in [0.05, 0.1) is 12.1 Å². The number of aryl methyl sites for hydroxylation is 1. The molecule has 28 heavy (non-hydrogen) atoms. The van der Waals surface area contributed by atoms with E-state index in [-0.39, 0.29) is 29.5 Å². The number of nitrogens with zero attached hydrogens (tertiary/aromatic N) is 2. The van der Waals surface area contributed by atoms with Crippen molar-refractivity contribution in [3.8, 4) is 0 Å². The van der Waals surface area contributed by atoms with Crippen LogP contribution in [-0.4, -0.2) is 59.6 Å². The summed E-state index contributed by atoms with van der Waals surface area (Å²) in [6.45, 7) is 4.58. The molecule has 2 saturated heterocycles. The largest absolute Gasteiger partial charge is 0.395 e. The van der Waals surface area contributed by atoms with Gasteiger partial charge in [0, 0.05) is 38.0 Å². The van der Waals surface area contributed by atoms with Crippen LogP contribution in [0.15, 0.2) is 24.3 Å². The van der Waals surface area contributed by atoms with Gasteiger partial charge in [-0.05, 0) is 44.6 Å². The van der Waals surface area contributed by atoms with Crippen LogP contribution in [0.2, 0.25) is 0 Å². The molecular formula is C22H31N3O3. The van der Waals surface area contributed by atoms with Gasteiger partial charge in [-0.15, -0.1) is 0 Å². The molecule has 1 spiro atoms. The maximum absolute atomic E-state index is 13.1. The zero-order chi connectivity index (χ0) is 19.8. The molecule has 1 atom stereocenters. The molecule has 1 aromatic rings. The number of carbonyl (C=O) groups excluding carboxylic acids is 2. The molecule has 6 nitrogen and oxygen atoms in total. The third-order valence-corrected chi connectivity index (χ3v) is 6.73. The molecule has 3 aliphatic rings. The monoisotopic (exact) mass is 385 g/mol. The van der Waals surface area contributed by atoms with Gasteiger partial charge in [-0.25, -0.2) is 4.79 Å². The Morgan fingerprint density at radius 3 is 2.75 bits per heavy atom. The molecule has 1 aromatic carbocycles. The van der Waals surface area contributed by atoms with Crippen molar-refractivity contribution < 1.29 is 14.7 Å². The van der Waals surface area contributed by atoms with Crippen molar-refractivity contribution in [3.05, 3.63) is 35.4 Å². The van der Waals surface area contributed by atoms with E-state index < -0.39 is 0 Å². The second-order valence-corrected chi connectivity index (χ2v) is 8.95. The molecule has 1 unspecified atom stereocenters. The van der Waals surface area contributed by atoms with Gasteiger partial charge < -0.3 is 20.2 Å². The maximum atomic E-state index is 13.1. The molecular weight excluding hydrogens is 354 g/mol. The van der Waals surface area contributed by atoms with E-state index >= 15 is 0 Å². The summed E-state index contributed by atoms with van der Waals surface area (Å²) in [7, 11) is 0. The molecule has 3 fully saturated rings.